The minimum atomic E-state index is -0.891. The third kappa shape index (κ3) is 4.80. The van der Waals surface area contributed by atoms with Crippen molar-refractivity contribution in [2.24, 2.45) is 0 Å². The number of carbonyl (C=O) groups is 2. The van der Waals surface area contributed by atoms with Crippen molar-refractivity contribution in [2.45, 2.75) is 51.6 Å². The van der Waals surface area contributed by atoms with Crippen LogP contribution in [0.4, 0.5) is 5.69 Å². The fraction of sp³-hybridized carbons (Fsp3) is 0.333. The van der Waals surface area contributed by atoms with Crippen molar-refractivity contribution in [1.82, 2.24) is 5.32 Å². The number of nitrogens with one attached hydrogen (secondary N) is 1. The van der Waals surface area contributed by atoms with E-state index in [-0.39, 0.29) is 23.6 Å². The molecule has 0 saturated heterocycles. The molecule has 172 valence electrons. The summed E-state index contributed by atoms with van der Waals surface area (Å²) in [6.07, 6.45) is 5.56. The van der Waals surface area contributed by atoms with E-state index >= 15 is 0 Å². The minimum absolute atomic E-state index is 0.115. The van der Waals surface area contributed by atoms with Crippen LogP contribution in [0.5, 0.6) is 5.75 Å². The molecule has 1 atom stereocenters. The van der Waals surface area contributed by atoms with E-state index in [4.69, 9.17) is 9.15 Å². The van der Waals surface area contributed by atoms with Crippen LogP contribution in [-0.4, -0.2) is 25.0 Å². The molecule has 0 aliphatic heterocycles. The molecule has 1 fully saturated rings. The predicted molar refractivity (Wildman–Crippen MR) is 128 cm³/mol. The Morgan fingerprint density at radius 2 is 1.73 bits per heavy atom. The molecule has 33 heavy (non-hydrogen) atoms. The van der Waals surface area contributed by atoms with Crippen LogP contribution in [0.15, 0.2) is 65.3 Å². The highest BCUT2D eigenvalue weighted by Crippen LogP contribution is 2.36. The lowest BCUT2D eigenvalue weighted by molar-refractivity contribution is -0.123. The maximum Gasteiger partial charge on any atom is 0.294 e. The second-order valence-electron chi connectivity index (χ2n) is 8.56. The molecule has 1 saturated carbocycles. The molecule has 1 aliphatic rings. The van der Waals surface area contributed by atoms with Gasteiger partial charge in [0.2, 0.25) is 5.91 Å². The zero-order chi connectivity index (χ0) is 23.4. The molecular weight excluding hydrogens is 416 g/mol. The zero-order valence-corrected chi connectivity index (χ0v) is 19.3. The summed E-state index contributed by atoms with van der Waals surface area (Å²) in [5.41, 5.74) is 3.17. The number of furan rings is 1. The summed E-state index contributed by atoms with van der Waals surface area (Å²) in [5, 5.41) is 3.20. The number of para-hydroxylation sites is 1. The van der Waals surface area contributed by atoms with E-state index in [1.165, 1.54) is 6.26 Å². The van der Waals surface area contributed by atoms with Crippen LogP contribution in [-0.2, 0) is 4.79 Å². The lowest BCUT2D eigenvalue weighted by Gasteiger charge is -2.34. The maximum absolute atomic E-state index is 13.8. The lowest BCUT2D eigenvalue weighted by Crippen LogP contribution is -2.46. The van der Waals surface area contributed by atoms with Gasteiger partial charge in [0.1, 0.15) is 11.8 Å². The van der Waals surface area contributed by atoms with Gasteiger partial charge in [0.15, 0.2) is 5.76 Å². The standard InChI is InChI=1S/C27H30N2O4/c1-18-9-6-10-19(2)24(18)29(27(31)23-15-8-16-33-23)25(20-11-7-14-22(17-20)32-3)26(30)28-21-12-4-5-13-21/h6-11,14-17,21,25H,4-5,12-13H2,1-3H3,(H,28,30). The highest BCUT2D eigenvalue weighted by atomic mass is 16.5. The monoisotopic (exact) mass is 446 g/mol. The fourth-order valence-electron chi connectivity index (χ4n) is 4.63. The zero-order valence-electron chi connectivity index (χ0n) is 19.3. The largest absolute Gasteiger partial charge is 0.497 e. The van der Waals surface area contributed by atoms with Gasteiger partial charge < -0.3 is 14.5 Å². The van der Waals surface area contributed by atoms with E-state index in [2.05, 4.69) is 5.32 Å². The average molecular weight is 447 g/mol. The summed E-state index contributed by atoms with van der Waals surface area (Å²) in [5.74, 6) is 0.224. The van der Waals surface area contributed by atoms with Crippen LogP contribution in [0.3, 0.4) is 0 Å². The Morgan fingerprint density at radius 1 is 1.03 bits per heavy atom. The maximum atomic E-state index is 13.8. The normalized spacial score (nSPS) is 14.6. The number of ether oxygens (including phenoxy) is 1. The van der Waals surface area contributed by atoms with E-state index in [0.717, 1.165) is 36.8 Å². The van der Waals surface area contributed by atoms with Gasteiger partial charge in [0.25, 0.3) is 5.91 Å². The number of hydrogen-bond acceptors (Lipinski definition) is 4. The summed E-state index contributed by atoms with van der Waals surface area (Å²) < 4.78 is 10.9. The first kappa shape index (κ1) is 22.6. The molecule has 0 bridgehead atoms. The van der Waals surface area contributed by atoms with Crippen LogP contribution in [0.1, 0.15) is 59.0 Å². The van der Waals surface area contributed by atoms with Crippen molar-refractivity contribution in [3.63, 3.8) is 0 Å². The summed E-state index contributed by atoms with van der Waals surface area (Å²) >= 11 is 0. The van der Waals surface area contributed by atoms with Crippen molar-refractivity contribution in [2.75, 3.05) is 12.0 Å². The molecule has 2 aromatic carbocycles. The fourth-order valence-corrected chi connectivity index (χ4v) is 4.63. The second kappa shape index (κ2) is 9.94. The van der Waals surface area contributed by atoms with Gasteiger partial charge in [0.05, 0.1) is 19.1 Å². The van der Waals surface area contributed by atoms with Crippen molar-refractivity contribution in [3.8, 4) is 5.75 Å². The number of anilines is 1. The number of rotatable bonds is 7. The van der Waals surface area contributed by atoms with E-state index in [0.29, 0.717) is 17.0 Å². The van der Waals surface area contributed by atoms with Crippen molar-refractivity contribution < 1.29 is 18.7 Å². The van der Waals surface area contributed by atoms with Crippen LogP contribution in [0, 0.1) is 13.8 Å². The minimum Gasteiger partial charge on any atom is -0.497 e. The molecule has 0 spiro atoms. The molecule has 4 rings (SSSR count). The Labute approximate surface area is 194 Å². The Bertz CT molecular complexity index is 1100. The Morgan fingerprint density at radius 3 is 2.36 bits per heavy atom. The Kier molecular flexibility index (Phi) is 6.82. The number of hydrogen-bond donors (Lipinski definition) is 1. The molecule has 1 aromatic heterocycles. The number of aryl methyl sites for hydroxylation is 2. The van der Waals surface area contributed by atoms with E-state index < -0.39 is 6.04 Å². The molecule has 0 radical (unpaired) electrons. The van der Waals surface area contributed by atoms with Crippen LogP contribution < -0.4 is 15.0 Å². The number of benzene rings is 2. The molecule has 3 aromatic rings. The van der Waals surface area contributed by atoms with Crippen molar-refractivity contribution in [3.05, 3.63) is 83.3 Å². The lowest BCUT2D eigenvalue weighted by atomic mass is 9.99. The topological polar surface area (TPSA) is 71.8 Å². The number of amides is 2. The molecule has 1 heterocycles. The summed E-state index contributed by atoms with van der Waals surface area (Å²) in [4.78, 5) is 29.2. The molecule has 1 aliphatic carbocycles. The molecule has 2 amide bonds. The van der Waals surface area contributed by atoms with Gasteiger partial charge in [-0.1, -0.05) is 43.2 Å². The molecular formula is C27H30N2O4. The van der Waals surface area contributed by atoms with Crippen LogP contribution in [0.2, 0.25) is 0 Å². The number of nitrogens with zero attached hydrogens (tertiary/aromatic N) is 1. The van der Waals surface area contributed by atoms with Crippen LogP contribution in [0.25, 0.3) is 0 Å². The third-order valence-electron chi connectivity index (χ3n) is 6.25. The van der Waals surface area contributed by atoms with Gasteiger partial charge in [-0.3, -0.25) is 14.5 Å². The highest BCUT2D eigenvalue weighted by Gasteiger charge is 2.37. The first-order chi connectivity index (χ1) is 16.0. The molecule has 6 nitrogen and oxygen atoms in total. The van der Waals surface area contributed by atoms with Gasteiger partial charge >= 0.3 is 0 Å². The summed E-state index contributed by atoms with van der Waals surface area (Å²) in [7, 11) is 1.59. The molecule has 1 N–H and O–H groups in total. The summed E-state index contributed by atoms with van der Waals surface area (Å²) in [6.45, 7) is 3.89. The van der Waals surface area contributed by atoms with Gasteiger partial charge in [-0.2, -0.15) is 0 Å². The van der Waals surface area contributed by atoms with E-state index in [1.54, 1.807) is 24.1 Å². The Hall–Kier alpha value is -3.54. The third-order valence-corrected chi connectivity index (χ3v) is 6.25. The molecule has 1 unspecified atom stereocenters. The second-order valence-corrected chi connectivity index (χ2v) is 8.56. The first-order valence-corrected chi connectivity index (χ1v) is 11.4. The predicted octanol–water partition coefficient (Wildman–Crippen LogP) is 5.35. The van der Waals surface area contributed by atoms with Crippen molar-refractivity contribution in [1.29, 1.82) is 0 Å². The van der Waals surface area contributed by atoms with Crippen LogP contribution >= 0.6 is 0 Å². The van der Waals surface area contributed by atoms with Gasteiger partial charge in [-0.05, 0) is 67.6 Å². The first-order valence-electron chi connectivity index (χ1n) is 11.4. The van der Waals surface area contributed by atoms with Crippen molar-refractivity contribution >= 4 is 17.5 Å². The highest BCUT2D eigenvalue weighted by molar-refractivity contribution is 6.09. The Balaban J connectivity index is 1.88. The van der Waals surface area contributed by atoms with E-state index in [1.807, 2.05) is 56.3 Å². The average Bonchev–Trinajstić information content (AvgIpc) is 3.52. The smallest absolute Gasteiger partial charge is 0.294 e. The van der Waals surface area contributed by atoms with E-state index in [9.17, 15) is 9.59 Å². The SMILES string of the molecule is COc1cccc(C(C(=O)NC2CCCC2)N(C(=O)c2ccco2)c2c(C)cccc2C)c1. The quantitative estimate of drug-likeness (QED) is 0.531. The van der Waals surface area contributed by atoms with Gasteiger partial charge in [0, 0.05) is 6.04 Å². The van der Waals surface area contributed by atoms with Gasteiger partial charge in [-0.25, -0.2) is 0 Å². The summed E-state index contributed by atoms with van der Waals surface area (Å²) in [6, 6.07) is 15.7. The molecule has 6 heteroatoms. The number of methoxy groups -OCH3 is 1. The number of carbonyl (C=O) groups excluding carboxylic acids is 2. The van der Waals surface area contributed by atoms with Gasteiger partial charge in [-0.15, -0.1) is 0 Å².